The number of methoxy groups -OCH3 is 1. The number of nitrogens with zero attached hydrogens (tertiary/aromatic N) is 1. The Morgan fingerprint density at radius 2 is 2.09 bits per heavy atom. The van der Waals surface area contributed by atoms with Crippen LogP contribution in [0.15, 0.2) is 0 Å². The zero-order valence-corrected chi connectivity index (χ0v) is 14.6. The van der Waals surface area contributed by atoms with E-state index in [-0.39, 0.29) is 16.7 Å². The number of ether oxygens (including phenoxy) is 1. The molecule has 7 heteroatoms. The third-order valence-electron chi connectivity index (χ3n) is 4.34. The van der Waals surface area contributed by atoms with E-state index in [1.165, 1.54) is 7.11 Å². The van der Waals surface area contributed by atoms with Gasteiger partial charge in [-0.25, -0.2) is 4.79 Å². The number of fused-ring (bicyclic) bond motifs is 1. The van der Waals surface area contributed by atoms with Crippen molar-refractivity contribution in [1.29, 1.82) is 0 Å². The standard InChI is InChI=1S/C15H24N2O4S/c1-14(2,3)11(13(20)21-5)16-12(19)9-8-22-15(4)7-6-10(18)17(9)15/h9,11H,6-8H2,1-5H3,(H,16,19). The molecule has 0 aromatic heterocycles. The summed E-state index contributed by atoms with van der Waals surface area (Å²) in [6.45, 7) is 7.59. The van der Waals surface area contributed by atoms with Crippen molar-refractivity contribution in [3.05, 3.63) is 0 Å². The predicted octanol–water partition coefficient (Wildman–Crippen LogP) is 1.14. The SMILES string of the molecule is COC(=O)C(NC(=O)C1CSC2(C)CCC(=O)N12)C(C)(C)C. The Bertz CT molecular complexity index is 502. The highest BCUT2D eigenvalue weighted by atomic mass is 32.2. The second-order valence-electron chi connectivity index (χ2n) is 7.10. The number of nitrogens with one attached hydrogen (secondary N) is 1. The molecule has 2 aliphatic rings. The fourth-order valence-corrected chi connectivity index (χ4v) is 4.43. The minimum Gasteiger partial charge on any atom is -0.467 e. The van der Waals surface area contributed by atoms with Gasteiger partial charge in [0.05, 0.1) is 12.0 Å². The molecule has 3 unspecified atom stereocenters. The van der Waals surface area contributed by atoms with Crippen LogP contribution in [-0.2, 0) is 19.1 Å². The van der Waals surface area contributed by atoms with Gasteiger partial charge in [-0.15, -0.1) is 11.8 Å². The minimum absolute atomic E-state index is 0.0121. The van der Waals surface area contributed by atoms with E-state index < -0.39 is 23.5 Å². The van der Waals surface area contributed by atoms with Crippen LogP contribution in [0.3, 0.4) is 0 Å². The molecule has 1 N–H and O–H groups in total. The largest absolute Gasteiger partial charge is 0.467 e. The fraction of sp³-hybridized carbons (Fsp3) is 0.800. The first-order valence-electron chi connectivity index (χ1n) is 7.44. The van der Waals surface area contributed by atoms with Crippen molar-refractivity contribution in [2.45, 2.75) is 57.5 Å². The molecule has 2 saturated heterocycles. The van der Waals surface area contributed by atoms with E-state index >= 15 is 0 Å². The molecule has 0 radical (unpaired) electrons. The van der Waals surface area contributed by atoms with E-state index in [4.69, 9.17) is 4.74 Å². The quantitative estimate of drug-likeness (QED) is 0.787. The maximum absolute atomic E-state index is 12.6. The van der Waals surface area contributed by atoms with Gasteiger partial charge in [0.25, 0.3) is 0 Å². The van der Waals surface area contributed by atoms with Crippen molar-refractivity contribution in [2.24, 2.45) is 5.41 Å². The van der Waals surface area contributed by atoms with Crippen molar-refractivity contribution in [1.82, 2.24) is 10.2 Å². The molecule has 2 amide bonds. The smallest absolute Gasteiger partial charge is 0.328 e. The number of hydrogen-bond acceptors (Lipinski definition) is 5. The lowest BCUT2D eigenvalue weighted by Gasteiger charge is -2.33. The Balaban J connectivity index is 2.15. The van der Waals surface area contributed by atoms with Crippen LogP contribution in [0.1, 0.15) is 40.5 Å². The number of rotatable bonds is 3. The van der Waals surface area contributed by atoms with Crippen molar-refractivity contribution < 1.29 is 19.1 Å². The molecule has 2 heterocycles. The lowest BCUT2D eigenvalue weighted by molar-refractivity contribution is -0.149. The highest BCUT2D eigenvalue weighted by molar-refractivity contribution is 8.01. The first-order chi connectivity index (χ1) is 10.1. The maximum Gasteiger partial charge on any atom is 0.328 e. The summed E-state index contributed by atoms with van der Waals surface area (Å²) in [6, 6.07) is -1.25. The van der Waals surface area contributed by atoms with Crippen LogP contribution in [0.2, 0.25) is 0 Å². The summed E-state index contributed by atoms with van der Waals surface area (Å²) in [5, 5.41) is 2.78. The van der Waals surface area contributed by atoms with Gasteiger partial charge in [0.15, 0.2) is 0 Å². The molecule has 22 heavy (non-hydrogen) atoms. The fourth-order valence-electron chi connectivity index (χ4n) is 3.00. The summed E-state index contributed by atoms with van der Waals surface area (Å²) >= 11 is 1.63. The van der Waals surface area contributed by atoms with Gasteiger partial charge >= 0.3 is 5.97 Å². The number of carbonyl (C=O) groups excluding carboxylic acids is 3. The summed E-state index contributed by atoms with van der Waals surface area (Å²) in [5.74, 6) is -0.177. The van der Waals surface area contributed by atoms with E-state index in [1.807, 2.05) is 27.7 Å². The summed E-state index contributed by atoms with van der Waals surface area (Å²) in [6.07, 6.45) is 1.24. The van der Waals surface area contributed by atoms with E-state index in [9.17, 15) is 14.4 Å². The molecular formula is C15H24N2O4S. The number of esters is 1. The van der Waals surface area contributed by atoms with E-state index in [2.05, 4.69) is 5.32 Å². The molecule has 2 aliphatic heterocycles. The third-order valence-corrected chi connectivity index (χ3v) is 5.84. The van der Waals surface area contributed by atoms with Crippen LogP contribution >= 0.6 is 11.8 Å². The normalized spacial score (nSPS) is 29.2. The molecule has 0 aliphatic carbocycles. The van der Waals surface area contributed by atoms with Gasteiger partial charge in [0, 0.05) is 12.2 Å². The molecule has 0 aromatic carbocycles. The molecule has 124 valence electrons. The van der Waals surface area contributed by atoms with Gasteiger partial charge in [-0.05, 0) is 18.8 Å². The first kappa shape index (κ1) is 17.1. The lowest BCUT2D eigenvalue weighted by Crippen LogP contribution is -2.56. The Kier molecular flexibility index (Phi) is 4.48. The molecule has 3 atom stereocenters. The van der Waals surface area contributed by atoms with Crippen LogP contribution in [0, 0.1) is 5.41 Å². The minimum atomic E-state index is -0.737. The first-order valence-corrected chi connectivity index (χ1v) is 8.43. The van der Waals surface area contributed by atoms with Crippen LogP contribution in [0.4, 0.5) is 0 Å². The number of carbonyl (C=O) groups is 3. The Morgan fingerprint density at radius 3 is 2.64 bits per heavy atom. The van der Waals surface area contributed by atoms with Gasteiger partial charge < -0.3 is 15.0 Å². The zero-order valence-electron chi connectivity index (χ0n) is 13.8. The summed E-state index contributed by atoms with van der Waals surface area (Å²) in [4.78, 5) is 38.1. The number of thioether (sulfide) groups is 1. The van der Waals surface area contributed by atoms with Gasteiger partial charge in [-0.3, -0.25) is 9.59 Å². The Hall–Kier alpha value is -1.24. The van der Waals surface area contributed by atoms with Crippen molar-refractivity contribution in [3.8, 4) is 0 Å². The molecule has 0 spiro atoms. The molecule has 2 rings (SSSR count). The Labute approximate surface area is 135 Å². The average molecular weight is 328 g/mol. The van der Waals surface area contributed by atoms with Gasteiger partial charge in [0.1, 0.15) is 12.1 Å². The summed E-state index contributed by atoms with van der Waals surface area (Å²) < 4.78 is 4.79. The second-order valence-corrected chi connectivity index (χ2v) is 8.60. The highest BCUT2D eigenvalue weighted by Gasteiger charge is 2.53. The van der Waals surface area contributed by atoms with Crippen molar-refractivity contribution >= 4 is 29.5 Å². The summed E-state index contributed by atoms with van der Waals surface area (Å²) in [7, 11) is 1.31. The topological polar surface area (TPSA) is 75.7 Å². The maximum atomic E-state index is 12.6. The number of amides is 2. The molecule has 0 aromatic rings. The lowest BCUT2D eigenvalue weighted by atomic mass is 9.86. The van der Waals surface area contributed by atoms with Crippen LogP contribution < -0.4 is 5.32 Å². The van der Waals surface area contributed by atoms with Gasteiger partial charge in [0.2, 0.25) is 11.8 Å². The zero-order chi connectivity index (χ0) is 16.7. The molecular weight excluding hydrogens is 304 g/mol. The average Bonchev–Trinajstić information content (AvgIpc) is 2.91. The van der Waals surface area contributed by atoms with Crippen LogP contribution in [0.25, 0.3) is 0 Å². The van der Waals surface area contributed by atoms with Crippen molar-refractivity contribution in [3.63, 3.8) is 0 Å². The summed E-state index contributed by atoms with van der Waals surface area (Å²) in [5.41, 5.74) is -0.465. The van der Waals surface area contributed by atoms with Crippen LogP contribution in [-0.4, -0.2) is 52.5 Å². The molecule has 6 nitrogen and oxygen atoms in total. The number of hydrogen-bond donors (Lipinski definition) is 1. The van der Waals surface area contributed by atoms with Gasteiger partial charge in [-0.2, -0.15) is 0 Å². The van der Waals surface area contributed by atoms with E-state index in [0.29, 0.717) is 12.2 Å². The van der Waals surface area contributed by atoms with E-state index in [1.54, 1.807) is 16.7 Å². The van der Waals surface area contributed by atoms with E-state index in [0.717, 1.165) is 6.42 Å². The monoisotopic (exact) mass is 328 g/mol. The molecule has 2 fully saturated rings. The van der Waals surface area contributed by atoms with Gasteiger partial charge in [-0.1, -0.05) is 20.8 Å². The second kappa shape index (κ2) is 5.76. The highest BCUT2D eigenvalue weighted by Crippen LogP contribution is 2.47. The molecule has 0 bridgehead atoms. The van der Waals surface area contributed by atoms with Crippen molar-refractivity contribution in [2.75, 3.05) is 12.9 Å². The van der Waals surface area contributed by atoms with Crippen LogP contribution in [0.5, 0.6) is 0 Å². The Morgan fingerprint density at radius 1 is 1.45 bits per heavy atom. The predicted molar refractivity (Wildman–Crippen MR) is 84.1 cm³/mol. The third kappa shape index (κ3) is 2.95. The molecule has 0 saturated carbocycles.